The van der Waals surface area contributed by atoms with Gasteiger partial charge < -0.3 is 20.0 Å². The van der Waals surface area contributed by atoms with Gasteiger partial charge in [0.1, 0.15) is 16.4 Å². The van der Waals surface area contributed by atoms with Gasteiger partial charge in [-0.15, -0.1) is 0 Å². The fourth-order valence-electron chi connectivity index (χ4n) is 2.40. The minimum atomic E-state index is -0.457. The van der Waals surface area contributed by atoms with Crippen LogP contribution in [0.2, 0.25) is 5.15 Å². The molecule has 2 amide bonds. The van der Waals surface area contributed by atoms with Crippen molar-refractivity contribution in [1.29, 1.82) is 0 Å². The molecule has 144 valence electrons. The molecular weight excluding hydrogens is 450 g/mol. The van der Waals surface area contributed by atoms with E-state index in [1.165, 1.54) is 6.07 Å². The lowest BCUT2D eigenvalue weighted by molar-refractivity contribution is 0.0929. The average molecular weight is 465 g/mol. The number of furan rings is 1. The first kappa shape index (κ1) is 19.9. The van der Waals surface area contributed by atoms with Crippen molar-refractivity contribution < 1.29 is 14.0 Å². The summed E-state index contributed by atoms with van der Waals surface area (Å²) >= 11 is 9.06. The predicted molar refractivity (Wildman–Crippen MR) is 110 cm³/mol. The third-order valence-electron chi connectivity index (χ3n) is 3.69. The lowest BCUT2D eigenvalue weighted by Gasteiger charge is -2.03. The number of amides is 2. The van der Waals surface area contributed by atoms with Crippen molar-refractivity contribution >= 4 is 50.3 Å². The minimum absolute atomic E-state index is 0.0794. The largest absolute Gasteiger partial charge is 0.451 e. The molecule has 0 saturated heterocycles. The van der Waals surface area contributed by atoms with Crippen LogP contribution in [0.1, 0.15) is 21.0 Å². The molecule has 7 nitrogen and oxygen atoms in total. The van der Waals surface area contributed by atoms with Crippen LogP contribution in [0.4, 0.5) is 0 Å². The van der Waals surface area contributed by atoms with E-state index in [9.17, 15) is 14.4 Å². The monoisotopic (exact) mass is 463 g/mol. The first-order valence-corrected chi connectivity index (χ1v) is 9.40. The van der Waals surface area contributed by atoms with E-state index in [0.717, 1.165) is 15.9 Å². The van der Waals surface area contributed by atoms with Crippen LogP contribution in [0.5, 0.6) is 0 Å². The topological polar surface area (TPSA) is 104 Å². The number of aromatic amines is 1. The van der Waals surface area contributed by atoms with Crippen molar-refractivity contribution in [3.8, 4) is 0 Å². The van der Waals surface area contributed by atoms with Gasteiger partial charge in [-0.05, 0) is 24.3 Å². The Labute approximate surface area is 172 Å². The summed E-state index contributed by atoms with van der Waals surface area (Å²) in [4.78, 5) is 38.0. The first-order valence-electron chi connectivity index (χ1n) is 8.23. The summed E-state index contributed by atoms with van der Waals surface area (Å²) in [6.07, 6.45) is 3.37. The molecule has 0 aliphatic carbocycles. The van der Waals surface area contributed by atoms with Crippen molar-refractivity contribution in [2.45, 2.75) is 0 Å². The number of pyridine rings is 1. The molecule has 0 atom stereocenters. The summed E-state index contributed by atoms with van der Waals surface area (Å²) in [6, 6.07) is 9.54. The zero-order chi connectivity index (χ0) is 20.1. The van der Waals surface area contributed by atoms with Gasteiger partial charge in [0, 0.05) is 35.1 Å². The highest BCUT2D eigenvalue weighted by Gasteiger charge is 2.11. The number of halogens is 2. The summed E-state index contributed by atoms with van der Waals surface area (Å²) in [5, 5.41) is 6.24. The van der Waals surface area contributed by atoms with Crippen LogP contribution in [-0.4, -0.2) is 29.9 Å². The maximum atomic E-state index is 12.1. The number of carbonyl (C=O) groups excluding carboxylic acids is 2. The van der Waals surface area contributed by atoms with E-state index in [-0.39, 0.29) is 41.0 Å². The number of fused-ring (bicyclic) bond motifs is 1. The Morgan fingerprint density at radius 3 is 2.50 bits per heavy atom. The quantitative estimate of drug-likeness (QED) is 0.385. The maximum absolute atomic E-state index is 12.1. The summed E-state index contributed by atoms with van der Waals surface area (Å²) in [7, 11) is 0. The predicted octanol–water partition coefficient (Wildman–Crippen LogP) is 3.25. The zero-order valence-electron chi connectivity index (χ0n) is 14.4. The van der Waals surface area contributed by atoms with Gasteiger partial charge in [0.2, 0.25) is 0 Å². The second-order valence-electron chi connectivity index (χ2n) is 5.76. The molecule has 28 heavy (non-hydrogen) atoms. The fourth-order valence-corrected chi connectivity index (χ4v) is 2.95. The van der Waals surface area contributed by atoms with Crippen LogP contribution >= 0.6 is 27.5 Å². The van der Waals surface area contributed by atoms with Gasteiger partial charge in [0.15, 0.2) is 11.2 Å². The molecule has 0 unspecified atom stereocenters. The lowest BCUT2D eigenvalue weighted by Crippen LogP contribution is -2.26. The molecule has 1 aromatic carbocycles. The molecule has 0 aliphatic rings. The van der Waals surface area contributed by atoms with E-state index in [1.54, 1.807) is 24.3 Å². The number of rotatable bonds is 6. The molecule has 2 aromatic heterocycles. The van der Waals surface area contributed by atoms with E-state index in [1.807, 2.05) is 12.1 Å². The minimum Gasteiger partial charge on any atom is -0.451 e. The number of nitrogens with one attached hydrogen (secondary N) is 3. The zero-order valence-corrected chi connectivity index (χ0v) is 16.8. The van der Waals surface area contributed by atoms with Crippen LogP contribution in [0.3, 0.4) is 0 Å². The van der Waals surface area contributed by atoms with Gasteiger partial charge in [0.05, 0.1) is 0 Å². The van der Waals surface area contributed by atoms with E-state index in [0.29, 0.717) is 5.58 Å². The summed E-state index contributed by atoms with van der Waals surface area (Å²) in [5.41, 5.74) is 0.345. The van der Waals surface area contributed by atoms with Gasteiger partial charge >= 0.3 is 0 Å². The number of hydrogen-bond acceptors (Lipinski definition) is 4. The first-order chi connectivity index (χ1) is 13.4. The van der Waals surface area contributed by atoms with Crippen molar-refractivity contribution in [2.24, 2.45) is 0 Å². The molecule has 3 rings (SSSR count). The lowest BCUT2D eigenvalue weighted by atomic mass is 10.2. The molecule has 3 aromatic rings. The smallest absolute Gasteiger partial charge is 0.287 e. The van der Waals surface area contributed by atoms with E-state index in [4.69, 9.17) is 16.0 Å². The fraction of sp³-hybridized carbons (Fsp3) is 0.105. The third kappa shape index (κ3) is 5.11. The molecule has 3 N–H and O–H groups in total. The highest BCUT2D eigenvalue weighted by Crippen LogP contribution is 2.23. The Morgan fingerprint density at radius 2 is 1.79 bits per heavy atom. The molecule has 9 heteroatoms. The number of carbonyl (C=O) groups is 2. The Hall–Kier alpha value is -2.84. The van der Waals surface area contributed by atoms with Crippen molar-refractivity contribution in [3.05, 3.63) is 79.9 Å². The Bertz CT molecular complexity index is 1120. The van der Waals surface area contributed by atoms with Gasteiger partial charge in [0.25, 0.3) is 11.8 Å². The Balaban J connectivity index is 1.46. The Morgan fingerprint density at radius 1 is 1.07 bits per heavy atom. The second-order valence-corrected chi connectivity index (χ2v) is 7.08. The van der Waals surface area contributed by atoms with Crippen molar-refractivity contribution in [1.82, 2.24) is 15.6 Å². The highest BCUT2D eigenvalue weighted by molar-refractivity contribution is 9.10. The molecule has 0 radical (unpaired) electrons. The van der Waals surface area contributed by atoms with Crippen LogP contribution < -0.4 is 16.1 Å². The van der Waals surface area contributed by atoms with Crippen molar-refractivity contribution in [3.63, 3.8) is 0 Å². The maximum Gasteiger partial charge on any atom is 0.287 e. The van der Waals surface area contributed by atoms with Crippen LogP contribution in [0, 0.1) is 0 Å². The average Bonchev–Trinajstić information content (AvgIpc) is 3.06. The van der Waals surface area contributed by atoms with Gasteiger partial charge in [-0.2, -0.15) is 0 Å². The van der Waals surface area contributed by atoms with E-state index >= 15 is 0 Å². The summed E-state index contributed by atoms with van der Waals surface area (Å²) < 4.78 is 6.39. The van der Waals surface area contributed by atoms with Gasteiger partial charge in [-0.25, -0.2) is 0 Å². The number of benzene rings is 1. The summed E-state index contributed by atoms with van der Waals surface area (Å²) in [6.45, 7) is 0.491. The van der Waals surface area contributed by atoms with Gasteiger partial charge in [-0.3, -0.25) is 14.4 Å². The molecule has 0 spiro atoms. The number of aromatic nitrogens is 1. The van der Waals surface area contributed by atoms with Crippen molar-refractivity contribution in [2.75, 3.05) is 13.1 Å². The summed E-state index contributed by atoms with van der Waals surface area (Å²) in [5.74, 6) is -0.570. The normalized spacial score (nSPS) is 11.1. The molecule has 0 fully saturated rings. The van der Waals surface area contributed by atoms with Gasteiger partial charge in [-0.1, -0.05) is 39.7 Å². The molecule has 2 heterocycles. The van der Waals surface area contributed by atoms with Crippen LogP contribution in [0.25, 0.3) is 11.0 Å². The highest BCUT2D eigenvalue weighted by atomic mass is 79.9. The molecule has 0 bridgehead atoms. The molecular formula is C19H15BrClN3O4. The van der Waals surface area contributed by atoms with Crippen LogP contribution in [0.15, 0.2) is 62.2 Å². The Kier molecular flexibility index (Phi) is 6.33. The van der Waals surface area contributed by atoms with E-state index in [2.05, 4.69) is 31.5 Å². The molecule has 0 aliphatic heterocycles. The number of hydrogen-bond donors (Lipinski definition) is 3. The third-order valence-corrected chi connectivity index (χ3v) is 4.38. The molecule has 0 saturated carbocycles. The second kappa shape index (κ2) is 8.90. The SMILES string of the molecule is O=C(NC/C=C\CNC(=O)c1cc2ccc(Br)cc2o1)c1cc(=O)cc(Cl)[nH]1. The standard InChI is InChI=1S/C19H15BrClN3O4/c20-12-4-3-11-7-16(28-15(11)8-12)19(27)23-6-2-1-5-22-18(26)14-9-13(25)10-17(21)24-14/h1-4,7-10H,5-6H2,(H,22,26)(H,23,27)(H,24,25)/b2-1-. The van der Waals surface area contributed by atoms with Crippen LogP contribution in [-0.2, 0) is 0 Å². The van der Waals surface area contributed by atoms with E-state index < -0.39 is 5.91 Å². The number of H-pyrrole nitrogens is 1.